The largest absolute Gasteiger partial charge is 0.319 e. The molecule has 2 unspecified atom stereocenters. The number of likely N-dealkylation sites (tertiary alicyclic amines) is 1. The topological polar surface area (TPSA) is 15.3 Å². The van der Waals surface area contributed by atoms with Crippen LogP contribution in [0.25, 0.3) is 0 Å². The first kappa shape index (κ1) is 14.8. The Labute approximate surface area is 119 Å². The average molecular weight is 285 g/mol. The van der Waals surface area contributed by atoms with Gasteiger partial charge in [0.2, 0.25) is 0 Å². The summed E-state index contributed by atoms with van der Waals surface area (Å²) in [6.45, 7) is 5.37. The molecule has 0 saturated carbocycles. The molecule has 2 rings (SSSR count). The minimum absolute atomic E-state index is 0.226. The van der Waals surface area contributed by atoms with Crippen LogP contribution in [-0.2, 0) is 0 Å². The number of nitrogens with one attached hydrogen (secondary N) is 1. The summed E-state index contributed by atoms with van der Waals surface area (Å²) in [5.74, 6) is 0.230. The van der Waals surface area contributed by atoms with Gasteiger partial charge in [0.25, 0.3) is 0 Å². The smallest absolute Gasteiger partial charge is 0.141 e. The highest BCUT2D eigenvalue weighted by atomic mass is 35.5. The Morgan fingerprint density at radius 3 is 2.89 bits per heavy atom. The Morgan fingerprint density at radius 1 is 1.47 bits per heavy atom. The Balaban J connectivity index is 2.26. The van der Waals surface area contributed by atoms with Crippen LogP contribution < -0.4 is 5.32 Å². The first-order valence-electron chi connectivity index (χ1n) is 7.01. The molecule has 1 saturated heterocycles. The van der Waals surface area contributed by atoms with E-state index in [9.17, 15) is 4.39 Å². The van der Waals surface area contributed by atoms with E-state index < -0.39 is 0 Å². The van der Waals surface area contributed by atoms with Gasteiger partial charge in [0, 0.05) is 6.04 Å². The standard InChI is InChI=1S/C15H22ClFN2/c1-3-7-19-8-6-12(10-18-2)15(19)11-4-5-14(17)13(16)9-11/h4-5,9,12,15,18H,3,6-8,10H2,1-2H3. The molecule has 2 nitrogen and oxygen atoms in total. The Morgan fingerprint density at radius 2 is 2.26 bits per heavy atom. The van der Waals surface area contributed by atoms with Crippen LogP contribution in [0.4, 0.5) is 4.39 Å². The molecule has 0 bridgehead atoms. The zero-order valence-electron chi connectivity index (χ0n) is 11.6. The van der Waals surface area contributed by atoms with Crippen molar-refractivity contribution in [2.45, 2.75) is 25.8 Å². The predicted octanol–water partition coefficient (Wildman–Crippen LogP) is 3.47. The number of halogens is 2. The van der Waals surface area contributed by atoms with Crippen LogP contribution in [0.2, 0.25) is 5.02 Å². The molecule has 1 N–H and O–H groups in total. The van der Waals surface area contributed by atoms with Crippen molar-refractivity contribution < 1.29 is 4.39 Å². The lowest BCUT2D eigenvalue weighted by molar-refractivity contribution is 0.227. The highest BCUT2D eigenvalue weighted by Crippen LogP contribution is 2.38. The molecule has 0 aliphatic carbocycles. The molecule has 1 aliphatic heterocycles. The molecule has 0 aromatic heterocycles. The lowest BCUT2D eigenvalue weighted by Crippen LogP contribution is -2.29. The van der Waals surface area contributed by atoms with Crippen molar-refractivity contribution in [3.05, 3.63) is 34.6 Å². The van der Waals surface area contributed by atoms with Crippen LogP contribution in [0.5, 0.6) is 0 Å². The van der Waals surface area contributed by atoms with Gasteiger partial charge in [0.05, 0.1) is 5.02 Å². The summed E-state index contributed by atoms with van der Waals surface area (Å²) in [5.41, 5.74) is 1.14. The number of nitrogens with zero attached hydrogens (tertiary/aromatic N) is 1. The van der Waals surface area contributed by atoms with Crippen LogP contribution >= 0.6 is 11.6 Å². The maximum absolute atomic E-state index is 13.3. The van der Waals surface area contributed by atoms with Gasteiger partial charge in [0.1, 0.15) is 5.82 Å². The van der Waals surface area contributed by atoms with Crippen LogP contribution in [-0.4, -0.2) is 31.6 Å². The van der Waals surface area contributed by atoms with Gasteiger partial charge in [-0.3, -0.25) is 4.90 Å². The van der Waals surface area contributed by atoms with Crippen molar-refractivity contribution in [3.63, 3.8) is 0 Å². The molecule has 2 atom stereocenters. The van der Waals surface area contributed by atoms with Crippen molar-refractivity contribution in [3.8, 4) is 0 Å². The predicted molar refractivity (Wildman–Crippen MR) is 78.0 cm³/mol. The van der Waals surface area contributed by atoms with Crippen molar-refractivity contribution >= 4 is 11.6 Å². The van der Waals surface area contributed by atoms with Gasteiger partial charge < -0.3 is 5.32 Å². The maximum atomic E-state index is 13.3. The van der Waals surface area contributed by atoms with Crippen LogP contribution in [0.15, 0.2) is 18.2 Å². The minimum atomic E-state index is -0.337. The molecule has 0 spiro atoms. The van der Waals surface area contributed by atoms with E-state index in [1.807, 2.05) is 13.1 Å². The summed E-state index contributed by atoms with van der Waals surface area (Å²) in [4.78, 5) is 2.49. The SMILES string of the molecule is CCCN1CCC(CNC)C1c1ccc(F)c(Cl)c1. The fourth-order valence-electron chi connectivity index (χ4n) is 3.12. The summed E-state index contributed by atoms with van der Waals surface area (Å²) in [5, 5.41) is 3.49. The van der Waals surface area contributed by atoms with E-state index >= 15 is 0 Å². The second kappa shape index (κ2) is 6.69. The zero-order chi connectivity index (χ0) is 13.8. The molecule has 1 heterocycles. The molecule has 1 aromatic rings. The normalized spacial score (nSPS) is 24.0. The summed E-state index contributed by atoms with van der Waals surface area (Å²) >= 11 is 5.93. The van der Waals surface area contributed by atoms with E-state index in [2.05, 4.69) is 17.1 Å². The fraction of sp³-hybridized carbons (Fsp3) is 0.600. The lowest BCUT2D eigenvalue weighted by Gasteiger charge is -2.28. The summed E-state index contributed by atoms with van der Waals surface area (Å²) in [7, 11) is 1.98. The summed E-state index contributed by atoms with van der Waals surface area (Å²) < 4.78 is 13.3. The van der Waals surface area contributed by atoms with Crippen molar-refractivity contribution in [1.82, 2.24) is 10.2 Å². The molecule has 0 radical (unpaired) electrons. The van der Waals surface area contributed by atoms with E-state index in [4.69, 9.17) is 11.6 Å². The van der Waals surface area contributed by atoms with Gasteiger partial charge in [-0.25, -0.2) is 4.39 Å². The lowest BCUT2D eigenvalue weighted by atomic mass is 9.93. The number of benzene rings is 1. The molecule has 106 valence electrons. The van der Waals surface area contributed by atoms with Gasteiger partial charge in [-0.2, -0.15) is 0 Å². The van der Waals surface area contributed by atoms with Crippen LogP contribution in [0.1, 0.15) is 31.4 Å². The third-order valence-corrected chi connectivity index (χ3v) is 4.18. The molecule has 0 amide bonds. The monoisotopic (exact) mass is 284 g/mol. The van der Waals surface area contributed by atoms with Crippen molar-refractivity contribution in [2.24, 2.45) is 5.92 Å². The van der Waals surface area contributed by atoms with Gasteiger partial charge in [-0.15, -0.1) is 0 Å². The van der Waals surface area contributed by atoms with E-state index in [0.717, 1.165) is 31.6 Å². The van der Waals surface area contributed by atoms with E-state index in [-0.39, 0.29) is 10.8 Å². The molecule has 1 aromatic carbocycles. The molecule has 1 aliphatic rings. The summed E-state index contributed by atoms with van der Waals surface area (Å²) in [6, 6.07) is 5.50. The molecule has 1 fully saturated rings. The maximum Gasteiger partial charge on any atom is 0.141 e. The van der Waals surface area contributed by atoms with Crippen LogP contribution in [0, 0.1) is 11.7 Å². The van der Waals surface area contributed by atoms with Gasteiger partial charge >= 0.3 is 0 Å². The van der Waals surface area contributed by atoms with E-state index in [0.29, 0.717) is 12.0 Å². The van der Waals surface area contributed by atoms with Gasteiger partial charge in [-0.1, -0.05) is 24.6 Å². The third-order valence-electron chi connectivity index (χ3n) is 3.89. The zero-order valence-corrected chi connectivity index (χ0v) is 12.4. The average Bonchev–Trinajstić information content (AvgIpc) is 2.77. The quantitative estimate of drug-likeness (QED) is 0.891. The number of rotatable bonds is 5. The summed E-state index contributed by atoms with van der Waals surface area (Å²) in [6.07, 6.45) is 2.32. The molecule has 19 heavy (non-hydrogen) atoms. The second-order valence-corrected chi connectivity index (χ2v) is 5.67. The molecule has 4 heteroatoms. The van der Waals surface area contributed by atoms with Crippen LogP contribution in [0.3, 0.4) is 0 Å². The fourth-order valence-corrected chi connectivity index (χ4v) is 3.31. The minimum Gasteiger partial charge on any atom is -0.319 e. The first-order chi connectivity index (χ1) is 9.17. The number of hydrogen-bond donors (Lipinski definition) is 1. The first-order valence-corrected chi connectivity index (χ1v) is 7.38. The molecular formula is C15H22ClFN2. The van der Waals surface area contributed by atoms with E-state index in [1.165, 1.54) is 12.5 Å². The molecular weight excluding hydrogens is 263 g/mol. The van der Waals surface area contributed by atoms with Crippen molar-refractivity contribution in [2.75, 3.05) is 26.7 Å². The Hall–Kier alpha value is -0.640. The number of hydrogen-bond acceptors (Lipinski definition) is 2. The Bertz CT molecular complexity index is 411. The third kappa shape index (κ3) is 3.28. The highest BCUT2D eigenvalue weighted by Gasteiger charge is 2.34. The second-order valence-electron chi connectivity index (χ2n) is 5.26. The highest BCUT2D eigenvalue weighted by molar-refractivity contribution is 6.30. The Kier molecular flexibility index (Phi) is 5.20. The van der Waals surface area contributed by atoms with Gasteiger partial charge in [-0.05, 0) is 63.1 Å². The van der Waals surface area contributed by atoms with Gasteiger partial charge in [0.15, 0.2) is 0 Å². The van der Waals surface area contributed by atoms with Crippen molar-refractivity contribution in [1.29, 1.82) is 0 Å². The van der Waals surface area contributed by atoms with E-state index in [1.54, 1.807) is 6.07 Å².